The van der Waals surface area contributed by atoms with E-state index in [-0.39, 0.29) is 0 Å². The molecule has 0 saturated heterocycles. The summed E-state index contributed by atoms with van der Waals surface area (Å²) in [6, 6.07) is 7.86. The van der Waals surface area contributed by atoms with Crippen molar-refractivity contribution in [1.29, 1.82) is 0 Å². The zero-order valence-corrected chi connectivity index (χ0v) is 15.1. The van der Waals surface area contributed by atoms with Crippen LogP contribution in [-0.4, -0.2) is 27.0 Å². The second kappa shape index (κ2) is 7.09. The number of hydrogen-bond acceptors (Lipinski definition) is 6. The van der Waals surface area contributed by atoms with Crippen LogP contribution < -0.4 is 4.74 Å². The largest absolute Gasteiger partial charge is 0.497 e. The van der Waals surface area contributed by atoms with Crippen molar-refractivity contribution in [2.75, 3.05) is 7.11 Å². The Morgan fingerprint density at radius 2 is 1.92 bits per heavy atom. The molecule has 0 N–H and O–H groups in total. The van der Waals surface area contributed by atoms with E-state index < -0.39 is 0 Å². The van der Waals surface area contributed by atoms with Gasteiger partial charge in [-0.15, -0.1) is 10.2 Å². The number of benzene rings is 1. The first-order valence-electron chi connectivity index (χ1n) is 7.76. The van der Waals surface area contributed by atoms with Crippen molar-refractivity contribution in [2.45, 2.75) is 38.2 Å². The zero-order chi connectivity index (χ0) is 17.1. The number of rotatable bonds is 6. The lowest BCUT2D eigenvalue weighted by Gasteiger charge is -2.08. The molecule has 1 aromatic carbocycles. The van der Waals surface area contributed by atoms with Gasteiger partial charge in [-0.1, -0.05) is 16.9 Å². The molecule has 24 heavy (non-hydrogen) atoms. The van der Waals surface area contributed by atoms with Gasteiger partial charge in [0.05, 0.1) is 12.8 Å². The number of thioether (sulfide) groups is 1. The third kappa shape index (κ3) is 3.17. The van der Waals surface area contributed by atoms with Crippen molar-refractivity contribution in [3.05, 3.63) is 41.3 Å². The van der Waals surface area contributed by atoms with E-state index in [0.29, 0.717) is 0 Å². The maximum Gasteiger partial charge on any atom is 0.191 e. The summed E-state index contributed by atoms with van der Waals surface area (Å²) in [4.78, 5) is 0. The number of methoxy groups -OCH3 is 1. The Morgan fingerprint density at radius 1 is 1.17 bits per heavy atom. The van der Waals surface area contributed by atoms with Gasteiger partial charge >= 0.3 is 0 Å². The normalized spacial score (nSPS) is 11.0. The van der Waals surface area contributed by atoms with Crippen LogP contribution in [0.5, 0.6) is 5.75 Å². The highest BCUT2D eigenvalue weighted by atomic mass is 32.2. The molecule has 0 atom stereocenters. The average molecular weight is 344 g/mol. The van der Waals surface area contributed by atoms with Gasteiger partial charge < -0.3 is 13.8 Å². The van der Waals surface area contributed by atoms with Crippen LogP contribution in [0.1, 0.15) is 23.9 Å². The number of nitrogens with zero attached hydrogens (tertiary/aromatic N) is 4. The van der Waals surface area contributed by atoms with E-state index in [2.05, 4.69) is 26.8 Å². The monoisotopic (exact) mass is 344 g/mol. The summed E-state index contributed by atoms with van der Waals surface area (Å²) in [7, 11) is 1.66. The number of ether oxygens (including phenoxy) is 1. The third-order valence-corrected chi connectivity index (χ3v) is 4.90. The molecule has 3 aromatic rings. The van der Waals surface area contributed by atoms with Gasteiger partial charge in [-0.3, -0.25) is 0 Å². The van der Waals surface area contributed by atoms with Gasteiger partial charge in [0.25, 0.3) is 0 Å². The Balaban J connectivity index is 1.83. The van der Waals surface area contributed by atoms with Crippen LogP contribution in [0.2, 0.25) is 0 Å². The minimum Gasteiger partial charge on any atom is -0.497 e. The van der Waals surface area contributed by atoms with Crippen LogP contribution in [0.25, 0.3) is 11.4 Å². The fourth-order valence-corrected chi connectivity index (χ4v) is 3.63. The molecule has 6 nitrogen and oxygen atoms in total. The predicted octanol–water partition coefficient (Wildman–Crippen LogP) is 3.87. The first kappa shape index (κ1) is 16.6. The Morgan fingerprint density at radius 3 is 2.50 bits per heavy atom. The summed E-state index contributed by atoms with van der Waals surface area (Å²) in [6.45, 7) is 6.79. The predicted molar refractivity (Wildman–Crippen MR) is 93.2 cm³/mol. The van der Waals surface area contributed by atoms with Crippen molar-refractivity contribution in [3.8, 4) is 17.1 Å². The minimum atomic E-state index is 0.766. The van der Waals surface area contributed by atoms with Crippen molar-refractivity contribution in [3.63, 3.8) is 0 Å². The van der Waals surface area contributed by atoms with E-state index in [0.717, 1.165) is 51.6 Å². The van der Waals surface area contributed by atoms with Crippen molar-refractivity contribution in [2.24, 2.45) is 0 Å². The standard InChI is InChI=1S/C17H20N4O2S/c1-5-21-16(13-6-8-14(22-4)9-7-13)18-19-17(21)24-10-15-11(2)20-23-12(15)3/h6-9H,5,10H2,1-4H3. The molecule has 0 saturated carbocycles. The molecule has 2 aromatic heterocycles. The molecule has 0 aliphatic rings. The number of aryl methyl sites for hydroxylation is 2. The summed E-state index contributed by atoms with van der Waals surface area (Å²) >= 11 is 1.65. The van der Waals surface area contributed by atoms with Crippen LogP contribution in [0.15, 0.2) is 33.9 Å². The van der Waals surface area contributed by atoms with E-state index in [9.17, 15) is 0 Å². The van der Waals surface area contributed by atoms with Crippen LogP contribution in [0.3, 0.4) is 0 Å². The quantitative estimate of drug-likeness (QED) is 0.632. The smallest absolute Gasteiger partial charge is 0.191 e. The topological polar surface area (TPSA) is 66.0 Å². The molecule has 0 bridgehead atoms. The molecule has 0 amide bonds. The van der Waals surface area contributed by atoms with Crippen molar-refractivity contribution >= 4 is 11.8 Å². The van der Waals surface area contributed by atoms with Crippen molar-refractivity contribution in [1.82, 2.24) is 19.9 Å². The average Bonchev–Trinajstić information content (AvgIpc) is 3.16. The minimum absolute atomic E-state index is 0.766. The third-order valence-electron chi connectivity index (χ3n) is 3.91. The van der Waals surface area contributed by atoms with Crippen LogP contribution in [-0.2, 0) is 12.3 Å². The summed E-state index contributed by atoms with van der Waals surface area (Å²) in [6.07, 6.45) is 0. The SMILES string of the molecule is CCn1c(SCc2c(C)noc2C)nnc1-c1ccc(OC)cc1. The van der Waals surface area contributed by atoms with Crippen LogP contribution >= 0.6 is 11.8 Å². The summed E-state index contributed by atoms with van der Waals surface area (Å²) < 4.78 is 12.5. The maximum absolute atomic E-state index is 5.22. The van der Waals surface area contributed by atoms with E-state index in [1.807, 2.05) is 38.1 Å². The summed E-state index contributed by atoms with van der Waals surface area (Å²) in [5.74, 6) is 3.32. The van der Waals surface area contributed by atoms with Crippen LogP contribution in [0, 0.1) is 13.8 Å². The molecule has 0 fully saturated rings. The number of aromatic nitrogens is 4. The summed E-state index contributed by atoms with van der Waals surface area (Å²) in [5, 5.41) is 13.6. The zero-order valence-electron chi connectivity index (χ0n) is 14.2. The van der Waals surface area contributed by atoms with Gasteiger partial charge in [-0.2, -0.15) is 0 Å². The van der Waals surface area contributed by atoms with Gasteiger partial charge in [0.2, 0.25) is 0 Å². The molecule has 0 spiro atoms. The van der Waals surface area contributed by atoms with E-state index in [1.165, 1.54) is 0 Å². The molecule has 2 heterocycles. The fraction of sp³-hybridized carbons (Fsp3) is 0.353. The molecule has 0 radical (unpaired) electrons. The Kier molecular flexibility index (Phi) is 4.89. The molecule has 126 valence electrons. The first-order chi connectivity index (χ1) is 11.6. The Labute approximate surface area is 145 Å². The second-order valence-corrected chi connectivity index (χ2v) is 6.31. The fourth-order valence-electron chi connectivity index (χ4n) is 2.48. The molecule has 7 heteroatoms. The molecule has 0 unspecified atom stereocenters. The molecular weight excluding hydrogens is 324 g/mol. The molecule has 3 rings (SSSR count). The highest BCUT2D eigenvalue weighted by Crippen LogP contribution is 2.29. The lowest BCUT2D eigenvalue weighted by atomic mass is 10.2. The lowest BCUT2D eigenvalue weighted by molar-refractivity contribution is 0.392. The van der Waals surface area contributed by atoms with E-state index >= 15 is 0 Å². The van der Waals surface area contributed by atoms with Gasteiger partial charge in [0, 0.05) is 23.4 Å². The highest BCUT2D eigenvalue weighted by Gasteiger charge is 2.15. The Hall–Kier alpha value is -2.28. The summed E-state index contributed by atoms with van der Waals surface area (Å²) in [5.41, 5.74) is 3.07. The molecule has 0 aliphatic heterocycles. The van der Waals surface area contributed by atoms with Gasteiger partial charge in [-0.25, -0.2) is 0 Å². The molecule has 0 aliphatic carbocycles. The van der Waals surface area contributed by atoms with E-state index in [1.54, 1.807) is 18.9 Å². The van der Waals surface area contributed by atoms with Crippen LogP contribution in [0.4, 0.5) is 0 Å². The maximum atomic E-state index is 5.22. The van der Waals surface area contributed by atoms with Gasteiger partial charge in [-0.05, 0) is 45.0 Å². The van der Waals surface area contributed by atoms with Gasteiger partial charge in [0.15, 0.2) is 11.0 Å². The highest BCUT2D eigenvalue weighted by molar-refractivity contribution is 7.98. The van der Waals surface area contributed by atoms with Gasteiger partial charge in [0.1, 0.15) is 11.5 Å². The molecular formula is C17H20N4O2S. The van der Waals surface area contributed by atoms with E-state index in [4.69, 9.17) is 9.26 Å². The first-order valence-corrected chi connectivity index (χ1v) is 8.74. The number of hydrogen-bond donors (Lipinski definition) is 0. The Bertz CT molecular complexity index is 804. The van der Waals surface area contributed by atoms with Crippen molar-refractivity contribution < 1.29 is 9.26 Å². The second-order valence-electron chi connectivity index (χ2n) is 5.37. The lowest BCUT2D eigenvalue weighted by Crippen LogP contribution is -2.00.